The Kier molecular flexibility index (Phi) is 4.59. The Bertz CT molecular complexity index is 510. The van der Waals surface area contributed by atoms with E-state index in [1.54, 1.807) is 0 Å². The number of hydrogen-bond donors (Lipinski definition) is 3. The van der Waals surface area contributed by atoms with Crippen molar-refractivity contribution in [1.29, 1.82) is 0 Å². The average Bonchev–Trinajstić information content (AvgIpc) is 2.88. The van der Waals surface area contributed by atoms with Crippen LogP contribution in [0.5, 0.6) is 0 Å². The second kappa shape index (κ2) is 6.24. The van der Waals surface area contributed by atoms with Crippen LogP contribution in [0.3, 0.4) is 0 Å². The number of benzene rings is 1. The van der Waals surface area contributed by atoms with Crippen molar-refractivity contribution in [2.24, 2.45) is 5.73 Å². The lowest BCUT2D eigenvalue weighted by Gasteiger charge is -2.34. The molecule has 2 rings (SSSR count). The van der Waals surface area contributed by atoms with E-state index in [2.05, 4.69) is 10.6 Å². The minimum absolute atomic E-state index is 0.0394. The first-order valence-electron chi connectivity index (χ1n) is 7.00. The van der Waals surface area contributed by atoms with E-state index < -0.39 is 17.6 Å². The van der Waals surface area contributed by atoms with E-state index in [-0.39, 0.29) is 5.78 Å². The van der Waals surface area contributed by atoms with Crippen molar-refractivity contribution in [3.8, 4) is 0 Å². The summed E-state index contributed by atoms with van der Waals surface area (Å²) in [5.74, 6) is -0.0394. The zero-order chi connectivity index (χ0) is 15.5. The number of amides is 2. The lowest BCUT2D eigenvalue weighted by molar-refractivity contribution is -0.129. The van der Waals surface area contributed by atoms with E-state index >= 15 is 0 Å². The molecular weight excluding hydrogens is 268 g/mol. The molecule has 1 aliphatic rings. The third-order valence-corrected chi connectivity index (χ3v) is 3.87. The minimum Gasteiger partial charge on any atom is -0.352 e. The van der Waals surface area contributed by atoms with Crippen LogP contribution in [0.15, 0.2) is 30.3 Å². The van der Waals surface area contributed by atoms with Crippen molar-refractivity contribution in [3.05, 3.63) is 35.9 Å². The summed E-state index contributed by atoms with van der Waals surface area (Å²) in [7, 11) is 3.71. The van der Waals surface area contributed by atoms with Crippen LogP contribution < -0.4 is 16.4 Å². The molecule has 0 saturated carbocycles. The summed E-state index contributed by atoms with van der Waals surface area (Å²) in [6, 6.07) is 8.47. The molecule has 21 heavy (non-hydrogen) atoms. The molecule has 0 bridgehead atoms. The number of hydrogen-bond acceptors (Lipinski definition) is 4. The molecule has 1 saturated heterocycles. The summed E-state index contributed by atoms with van der Waals surface area (Å²) in [5, 5.41) is 5.80. The normalized spacial score (nSPS) is 23.0. The highest BCUT2D eigenvalue weighted by atomic mass is 16.2. The fourth-order valence-electron chi connectivity index (χ4n) is 2.89. The van der Waals surface area contributed by atoms with Gasteiger partial charge in [-0.2, -0.15) is 0 Å². The predicted octanol–water partition coefficient (Wildman–Crippen LogP) is 0.259. The standard InChI is InChI=1S/C15H22N4O2/c1-19(2)12(11-6-4-3-5-7-11)13(20)15(18-14(16)21)8-9-17-10-15/h3-7,12,17H,8-10H2,1-2H3,(H3,16,18,21)/t12-,15-/m1/s1. The molecule has 2 amide bonds. The van der Waals surface area contributed by atoms with Crippen LogP contribution in [0.4, 0.5) is 4.79 Å². The summed E-state index contributed by atoms with van der Waals surface area (Å²) in [4.78, 5) is 26.3. The lowest BCUT2D eigenvalue weighted by Crippen LogP contribution is -2.60. The Labute approximate surface area is 124 Å². The topological polar surface area (TPSA) is 87.5 Å². The molecule has 6 nitrogen and oxygen atoms in total. The number of likely N-dealkylation sites (N-methyl/N-ethyl adjacent to an activating group) is 1. The molecule has 6 heteroatoms. The van der Waals surface area contributed by atoms with Crippen LogP contribution in [0, 0.1) is 0 Å². The lowest BCUT2D eigenvalue weighted by atomic mass is 9.85. The van der Waals surface area contributed by atoms with Crippen LogP contribution in [-0.4, -0.2) is 49.4 Å². The van der Waals surface area contributed by atoms with Crippen molar-refractivity contribution >= 4 is 11.8 Å². The van der Waals surface area contributed by atoms with Crippen molar-refractivity contribution in [2.45, 2.75) is 18.0 Å². The number of Topliss-reactive ketones (excluding diaryl/α,β-unsaturated/α-hetero) is 1. The first-order chi connectivity index (χ1) is 9.96. The average molecular weight is 290 g/mol. The zero-order valence-corrected chi connectivity index (χ0v) is 12.4. The van der Waals surface area contributed by atoms with Gasteiger partial charge in [0.2, 0.25) is 0 Å². The van der Waals surface area contributed by atoms with Gasteiger partial charge in [0.15, 0.2) is 5.78 Å². The fraction of sp³-hybridized carbons (Fsp3) is 0.467. The van der Waals surface area contributed by atoms with Gasteiger partial charge < -0.3 is 16.4 Å². The van der Waals surface area contributed by atoms with E-state index in [0.717, 1.165) is 5.56 Å². The maximum atomic E-state index is 13.1. The van der Waals surface area contributed by atoms with E-state index in [0.29, 0.717) is 19.5 Å². The number of primary amides is 1. The van der Waals surface area contributed by atoms with E-state index in [1.165, 1.54) is 0 Å². The number of nitrogens with zero attached hydrogens (tertiary/aromatic N) is 1. The Morgan fingerprint density at radius 2 is 2.00 bits per heavy atom. The highest BCUT2D eigenvalue weighted by Crippen LogP contribution is 2.28. The number of carbonyl (C=O) groups excluding carboxylic acids is 2. The summed E-state index contributed by atoms with van der Waals surface area (Å²) < 4.78 is 0. The first-order valence-corrected chi connectivity index (χ1v) is 7.00. The minimum atomic E-state index is -0.934. The van der Waals surface area contributed by atoms with Gasteiger partial charge in [0.1, 0.15) is 5.54 Å². The molecule has 4 N–H and O–H groups in total. The van der Waals surface area contributed by atoms with Crippen LogP contribution in [-0.2, 0) is 4.79 Å². The molecule has 1 heterocycles. The second-order valence-corrected chi connectivity index (χ2v) is 5.64. The molecule has 1 fully saturated rings. The molecule has 0 spiro atoms. The quantitative estimate of drug-likeness (QED) is 0.726. The van der Waals surface area contributed by atoms with Crippen LogP contribution in [0.25, 0.3) is 0 Å². The van der Waals surface area contributed by atoms with E-state index in [4.69, 9.17) is 5.73 Å². The van der Waals surface area contributed by atoms with Crippen LogP contribution in [0.1, 0.15) is 18.0 Å². The highest BCUT2D eigenvalue weighted by molar-refractivity contribution is 5.97. The van der Waals surface area contributed by atoms with Gasteiger partial charge >= 0.3 is 6.03 Å². The van der Waals surface area contributed by atoms with Gasteiger partial charge in [-0.3, -0.25) is 9.69 Å². The smallest absolute Gasteiger partial charge is 0.313 e. The van der Waals surface area contributed by atoms with Gasteiger partial charge in [-0.1, -0.05) is 30.3 Å². The van der Waals surface area contributed by atoms with Crippen molar-refractivity contribution in [3.63, 3.8) is 0 Å². The summed E-state index contributed by atoms with van der Waals surface area (Å²) in [6.07, 6.45) is 0.548. The summed E-state index contributed by atoms with van der Waals surface area (Å²) in [6.45, 7) is 1.09. The Balaban J connectivity index is 2.35. The molecule has 1 aliphatic heterocycles. The summed E-state index contributed by atoms with van der Waals surface area (Å²) in [5.41, 5.74) is 5.24. The van der Waals surface area contributed by atoms with E-state index in [1.807, 2.05) is 49.3 Å². The molecule has 0 aliphatic carbocycles. The van der Waals surface area contributed by atoms with Crippen LogP contribution >= 0.6 is 0 Å². The zero-order valence-electron chi connectivity index (χ0n) is 12.4. The van der Waals surface area contributed by atoms with Gasteiger partial charge in [-0.05, 0) is 32.6 Å². The number of carbonyl (C=O) groups is 2. The van der Waals surface area contributed by atoms with E-state index in [9.17, 15) is 9.59 Å². The van der Waals surface area contributed by atoms with Crippen LogP contribution in [0.2, 0.25) is 0 Å². The molecule has 0 radical (unpaired) electrons. The monoisotopic (exact) mass is 290 g/mol. The Morgan fingerprint density at radius 3 is 2.48 bits per heavy atom. The molecule has 0 aromatic heterocycles. The first kappa shape index (κ1) is 15.5. The van der Waals surface area contributed by atoms with Gasteiger partial charge in [0.25, 0.3) is 0 Å². The van der Waals surface area contributed by atoms with Gasteiger partial charge in [0.05, 0.1) is 6.04 Å². The third kappa shape index (κ3) is 3.22. The van der Waals surface area contributed by atoms with Crippen molar-refractivity contribution in [1.82, 2.24) is 15.5 Å². The number of urea groups is 1. The number of nitrogens with two attached hydrogens (primary N) is 1. The molecule has 114 valence electrons. The number of ketones is 1. The summed E-state index contributed by atoms with van der Waals surface area (Å²) >= 11 is 0. The molecular formula is C15H22N4O2. The Morgan fingerprint density at radius 1 is 1.33 bits per heavy atom. The van der Waals surface area contributed by atoms with Gasteiger partial charge in [0, 0.05) is 6.54 Å². The predicted molar refractivity (Wildman–Crippen MR) is 80.8 cm³/mol. The highest BCUT2D eigenvalue weighted by Gasteiger charge is 2.46. The van der Waals surface area contributed by atoms with Gasteiger partial charge in [-0.15, -0.1) is 0 Å². The largest absolute Gasteiger partial charge is 0.352 e. The van der Waals surface area contributed by atoms with Crippen molar-refractivity contribution < 1.29 is 9.59 Å². The second-order valence-electron chi connectivity index (χ2n) is 5.64. The maximum absolute atomic E-state index is 13.1. The fourth-order valence-corrected chi connectivity index (χ4v) is 2.89. The molecule has 1 aromatic carbocycles. The maximum Gasteiger partial charge on any atom is 0.313 e. The SMILES string of the molecule is CN(C)[C@@H](C(=O)[C@@]1(NC(N)=O)CCNC1)c1ccccc1. The molecule has 0 unspecified atom stereocenters. The molecule has 2 atom stereocenters. The van der Waals surface area contributed by atoms with Crippen molar-refractivity contribution in [2.75, 3.05) is 27.2 Å². The molecule has 1 aromatic rings. The Hall–Kier alpha value is -1.92. The van der Waals surface area contributed by atoms with Gasteiger partial charge in [-0.25, -0.2) is 4.79 Å². The number of nitrogens with one attached hydrogen (secondary N) is 2. The third-order valence-electron chi connectivity index (χ3n) is 3.87. The number of rotatable bonds is 5.